The fraction of sp³-hybridized carbons (Fsp3) is 0.684. The number of benzene rings is 1. The van der Waals surface area contributed by atoms with Crippen LogP contribution in [0.5, 0.6) is 11.5 Å². The Labute approximate surface area is 140 Å². The number of hydrogen-bond donors (Lipinski definition) is 0. The van der Waals surface area contributed by atoms with Crippen LogP contribution >= 0.6 is 0 Å². The maximum absolute atomic E-state index is 5.86. The Hall–Kier alpha value is -1.26. The third-order valence-corrected chi connectivity index (χ3v) is 5.20. The molecule has 1 aliphatic carbocycles. The van der Waals surface area contributed by atoms with Crippen LogP contribution in [0.4, 0.5) is 0 Å². The van der Waals surface area contributed by atoms with Crippen molar-refractivity contribution in [2.75, 3.05) is 46.4 Å². The summed E-state index contributed by atoms with van der Waals surface area (Å²) in [4.78, 5) is 5.29. The lowest BCUT2D eigenvalue weighted by molar-refractivity contribution is 0.187. The van der Waals surface area contributed by atoms with E-state index in [1.165, 1.54) is 58.3 Å². The van der Waals surface area contributed by atoms with Gasteiger partial charge in [0.1, 0.15) is 18.1 Å². The summed E-state index contributed by atoms with van der Waals surface area (Å²) in [5, 5.41) is 0. The second-order valence-electron chi connectivity index (χ2n) is 6.69. The lowest BCUT2D eigenvalue weighted by Gasteiger charge is -2.27. The van der Waals surface area contributed by atoms with E-state index in [4.69, 9.17) is 9.47 Å². The molecule has 1 aromatic rings. The maximum atomic E-state index is 5.86. The number of methoxy groups -OCH3 is 1. The van der Waals surface area contributed by atoms with E-state index in [9.17, 15) is 0 Å². The molecule has 1 aromatic carbocycles. The zero-order chi connectivity index (χ0) is 15.9. The van der Waals surface area contributed by atoms with Crippen molar-refractivity contribution in [3.05, 3.63) is 24.3 Å². The highest BCUT2D eigenvalue weighted by atomic mass is 16.5. The Morgan fingerprint density at radius 1 is 0.913 bits per heavy atom. The quantitative estimate of drug-likeness (QED) is 0.805. The Bertz CT molecular complexity index is 457. The first-order valence-electron chi connectivity index (χ1n) is 9.08. The first-order chi connectivity index (χ1) is 11.3. The summed E-state index contributed by atoms with van der Waals surface area (Å²) in [5.41, 5.74) is 0. The van der Waals surface area contributed by atoms with Crippen LogP contribution in [0.25, 0.3) is 0 Å². The lowest BCUT2D eigenvalue weighted by Crippen LogP contribution is -2.37. The highest BCUT2D eigenvalue weighted by molar-refractivity contribution is 5.31. The molecule has 1 heterocycles. The normalized spacial score (nSPS) is 21.3. The van der Waals surface area contributed by atoms with Crippen LogP contribution < -0.4 is 9.47 Å². The van der Waals surface area contributed by atoms with Crippen LogP contribution in [-0.2, 0) is 0 Å². The van der Waals surface area contributed by atoms with Gasteiger partial charge in [-0.1, -0.05) is 12.8 Å². The predicted octanol–water partition coefficient (Wildman–Crippen LogP) is 3.02. The van der Waals surface area contributed by atoms with Crippen molar-refractivity contribution in [3.63, 3.8) is 0 Å². The number of nitrogens with zero attached hydrogens (tertiary/aromatic N) is 2. The van der Waals surface area contributed by atoms with E-state index in [0.29, 0.717) is 0 Å². The topological polar surface area (TPSA) is 24.9 Å². The van der Waals surface area contributed by atoms with E-state index >= 15 is 0 Å². The first-order valence-corrected chi connectivity index (χ1v) is 9.08. The van der Waals surface area contributed by atoms with Gasteiger partial charge in [-0.05, 0) is 56.6 Å². The van der Waals surface area contributed by atoms with Gasteiger partial charge in [-0.25, -0.2) is 0 Å². The van der Waals surface area contributed by atoms with Gasteiger partial charge in [0.25, 0.3) is 0 Å². The number of ether oxygens (including phenoxy) is 2. The molecular weight excluding hydrogens is 288 g/mol. The monoisotopic (exact) mass is 318 g/mol. The summed E-state index contributed by atoms with van der Waals surface area (Å²) in [6.45, 7) is 6.67. The van der Waals surface area contributed by atoms with E-state index in [2.05, 4.69) is 9.80 Å². The molecule has 1 saturated heterocycles. The molecule has 0 spiro atoms. The minimum atomic E-state index is 0.760. The van der Waals surface area contributed by atoms with Crippen molar-refractivity contribution in [1.29, 1.82) is 0 Å². The number of hydrogen-bond acceptors (Lipinski definition) is 4. The molecule has 2 aliphatic rings. The summed E-state index contributed by atoms with van der Waals surface area (Å²) in [6, 6.07) is 8.71. The average molecular weight is 318 g/mol. The Morgan fingerprint density at radius 2 is 1.65 bits per heavy atom. The van der Waals surface area contributed by atoms with Crippen LogP contribution in [-0.4, -0.2) is 62.3 Å². The van der Waals surface area contributed by atoms with Crippen molar-refractivity contribution >= 4 is 0 Å². The third-order valence-electron chi connectivity index (χ3n) is 5.20. The summed E-state index contributed by atoms with van der Waals surface area (Å²) >= 11 is 0. The molecule has 0 bridgehead atoms. The van der Waals surface area contributed by atoms with Gasteiger partial charge in [-0.15, -0.1) is 0 Å². The largest absolute Gasteiger partial charge is 0.497 e. The minimum absolute atomic E-state index is 0.760. The van der Waals surface area contributed by atoms with E-state index in [1.54, 1.807) is 7.11 Å². The highest BCUT2D eigenvalue weighted by Crippen LogP contribution is 2.24. The molecular formula is C19H30N2O2. The highest BCUT2D eigenvalue weighted by Gasteiger charge is 2.24. The summed E-state index contributed by atoms with van der Waals surface area (Å²) in [6.07, 6.45) is 6.99. The molecule has 1 aliphatic heterocycles. The van der Waals surface area contributed by atoms with E-state index in [1.807, 2.05) is 24.3 Å². The van der Waals surface area contributed by atoms with E-state index in [-0.39, 0.29) is 0 Å². The zero-order valence-corrected chi connectivity index (χ0v) is 14.4. The van der Waals surface area contributed by atoms with Crippen molar-refractivity contribution in [2.45, 2.75) is 38.1 Å². The van der Waals surface area contributed by atoms with Gasteiger partial charge in [0.05, 0.1) is 7.11 Å². The van der Waals surface area contributed by atoms with Crippen LogP contribution in [0, 0.1) is 0 Å². The summed E-state index contributed by atoms with van der Waals surface area (Å²) < 4.78 is 11.0. The molecule has 0 atom stereocenters. The fourth-order valence-corrected chi connectivity index (χ4v) is 3.81. The molecule has 0 aromatic heterocycles. The van der Waals surface area contributed by atoms with Crippen molar-refractivity contribution in [3.8, 4) is 11.5 Å². The molecule has 23 heavy (non-hydrogen) atoms. The van der Waals surface area contributed by atoms with Gasteiger partial charge in [-0.3, -0.25) is 9.80 Å². The molecule has 0 radical (unpaired) electrons. The Balaban J connectivity index is 1.38. The van der Waals surface area contributed by atoms with Gasteiger partial charge in [0, 0.05) is 25.7 Å². The smallest absolute Gasteiger partial charge is 0.119 e. The molecule has 1 saturated carbocycles. The van der Waals surface area contributed by atoms with Crippen LogP contribution in [0.1, 0.15) is 32.1 Å². The zero-order valence-electron chi connectivity index (χ0n) is 14.4. The van der Waals surface area contributed by atoms with Crippen LogP contribution in [0.2, 0.25) is 0 Å². The molecule has 4 heteroatoms. The fourth-order valence-electron chi connectivity index (χ4n) is 3.81. The Morgan fingerprint density at radius 3 is 2.39 bits per heavy atom. The minimum Gasteiger partial charge on any atom is -0.497 e. The standard InChI is InChI=1S/C19H30N2O2/c1-22-18-7-9-19(10-8-18)23-16-15-20-11-4-12-21(14-13-20)17-5-2-3-6-17/h7-10,17H,2-6,11-16H2,1H3. The summed E-state index contributed by atoms with van der Waals surface area (Å²) in [7, 11) is 1.68. The van der Waals surface area contributed by atoms with Gasteiger partial charge in [0.2, 0.25) is 0 Å². The van der Waals surface area contributed by atoms with Crippen LogP contribution in [0.3, 0.4) is 0 Å². The summed E-state index contributed by atoms with van der Waals surface area (Å²) in [5.74, 6) is 1.80. The van der Waals surface area contributed by atoms with Crippen molar-refractivity contribution in [1.82, 2.24) is 9.80 Å². The molecule has 0 N–H and O–H groups in total. The molecule has 0 unspecified atom stereocenters. The molecule has 2 fully saturated rings. The van der Waals surface area contributed by atoms with E-state index in [0.717, 1.165) is 30.7 Å². The molecule has 3 rings (SSSR count). The molecule has 0 amide bonds. The number of rotatable bonds is 6. The van der Waals surface area contributed by atoms with Gasteiger partial charge in [0.15, 0.2) is 0 Å². The van der Waals surface area contributed by atoms with Crippen molar-refractivity contribution in [2.24, 2.45) is 0 Å². The second-order valence-corrected chi connectivity index (χ2v) is 6.69. The average Bonchev–Trinajstić information content (AvgIpc) is 3.02. The van der Waals surface area contributed by atoms with Crippen LogP contribution in [0.15, 0.2) is 24.3 Å². The first kappa shape index (κ1) is 16.6. The van der Waals surface area contributed by atoms with Gasteiger partial charge >= 0.3 is 0 Å². The van der Waals surface area contributed by atoms with E-state index < -0.39 is 0 Å². The van der Waals surface area contributed by atoms with Gasteiger partial charge in [-0.2, -0.15) is 0 Å². The third kappa shape index (κ3) is 4.85. The maximum Gasteiger partial charge on any atom is 0.119 e. The molecule has 4 nitrogen and oxygen atoms in total. The Kier molecular flexibility index (Phi) is 6.17. The predicted molar refractivity (Wildman–Crippen MR) is 93.4 cm³/mol. The second kappa shape index (κ2) is 8.55. The molecule has 128 valence electrons. The SMILES string of the molecule is COc1ccc(OCCN2CCCN(C3CCCC3)CC2)cc1. The lowest BCUT2D eigenvalue weighted by atomic mass is 10.2. The van der Waals surface area contributed by atoms with Crippen molar-refractivity contribution < 1.29 is 9.47 Å². The van der Waals surface area contributed by atoms with Gasteiger partial charge < -0.3 is 9.47 Å².